The lowest BCUT2D eigenvalue weighted by Crippen LogP contribution is -2.11. The van der Waals surface area contributed by atoms with E-state index in [4.69, 9.17) is 10.2 Å². The molecule has 2 N–H and O–H groups in total. The van der Waals surface area contributed by atoms with Crippen molar-refractivity contribution in [3.05, 3.63) is 24.3 Å². The van der Waals surface area contributed by atoms with Crippen molar-refractivity contribution in [3.8, 4) is 0 Å². The average molecular weight is 212 g/mol. The van der Waals surface area contributed by atoms with Crippen LogP contribution in [0.4, 0.5) is 0 Å². The molecule has 4 nitrogen and oxygen atoms in total. The number of rotatable bonds is 7. The number of carboxylic acid groups (broad SMARTS) is 2. The van der Waals surface area contributed by atoms with E-state index in [1.807, 2.05) is 6.92 Å². The molecular formula is C11H16O4. The summed E-state index contributed by atoms with van der Waals surface area (Å²) in [7, 11) is 0. The molecule has 0 radical (unpaired) electrons. The zero-order chi connectivity index (χ0) is 11.8. The van der Waals surface area contributed by atoms with Gasteiger partial charge in [-0.2, -0.15) is 0 Å². The maximum Gasteiger partial charge on any atom is 0.331 e. The van der Waals surface area contributed by atoms with Gasteiger partial charge in [0.2, 0.25) is 0 Å². The fourth-order valence-electron chi connectivity index (χ4n) is 1.09. The molecular weight excluding hydrogens is 196 g/mol. The van der Waals surface area contributed by atoms with Gasteiger partial charge in [-0.25, -0.2) is 4.79 Å². The Balaban J connectivity index is 4.71. The molecule has 4 heteroatoms. The first-order valence-corrected chi connectivity index (χ1v) is 4.82. The van der Waals surface area contributed by atoms with Crippen LogP contribution in [-0.2, 0) is 9.59 Å². The highest BCUT2D eigenvalue weighted by Gasteiger charge is 2.14. The van der Waals surface area contributed by atoms with E-state index in [-0.39, 0.29) is 5.57 Å². The Labute approximate surface area is 88.9 Å². The van der Waals surface area contributed by atoms with Gasteiger partial charge in [0, 0.05) is 5.57 Å². The number of unbranched alkanes of at least 4 members (excludes halogenated alkanes) is 1. The fourth-order valence-corrected chi connectivity index (χ4v) is 1.09. The normalized spacial score (nSPS) is 13.3. The summed E-state index contributed by atoms with van der Waals surface area (Å²) in [5.74, 6) is -3.07. The van der Waals surface area contributed by atoms with Crippen LogP contribution in [0.1, 0.15) is 26.2 Å². The Kier molecular flexibility index (Phi) is 6.09. The zero-order valence-corrected chi connectivity index (χ0v) is 8.77. The van der Waals surface area contributed by atoms with Crippen molar-refractivity contribution in [1.82, 2.24) is 0 Å². The molecule has 0 fully saturated rings. The van der Waals surface area contributed by atoms with E-state index >= 15 is 0 Å². The topological polar surface area (TPSA) is 74.6 Å². The molecule has 0 bridgehead atoms. The smallest absolute Gasteiger partial charge is 0.331 e. The minimum atomic E-state index is -1.08. The number of carboxylic acids is 2. The molecule has 0 aliphatic heterocycles. The van der Waals surface area contributed by atoms with E-state index in [1.54, 1.807) is 0 Å². The van der Waals surface area contributed by atoms with Crippen LogP contribution in [0, 0.1) is 5.92 Å². The summed E-state index contributed by atoms with van der Waals surface area (Å²) in [6, 6.07) is 0. The molecule has 0 aliphatic rings. The molecule has 0 aromatic rings. The van der Waals surface area contributed by atoms with E-state index in [0.717, 1.165) is 12.8 Å². The van der Waals surface area contributed by atoms with Gasteiger partial charge in [0.15, 0.2) is 0 Å². The number of carbonyl (C=O) groups is 2. The van der Waals surface area contributed by atoms with Crippen LogP contribution in [0.3, 0.4) is 0 Å². The lowest BCUT2D eigenvalue weighted by Gasteiger charge is -2.04. The predicted molar refractivity (Wildman–Crippen MR) is 56.6 cm³/mol. The van der Waals surface area contributed by atoms with Crippen LogP contribution in [0.25, 0.3) is 0 Å². The summed E-state index contributed by atoms with van der Waals surface area (Å²) in [6.07, 6.45) is 4.46. The third-order valence-corrected chi connectivity index (χ3v) is 1.99. The monoisotopic (exact) mass is 212 g/mol. The molecule has 0 spiro atoms. The van der Waals surface area contributed by atoms with E-state index in [2.05, 4.69) is 6.58 Å². The van der Waals surface area contributed by atoms with Gasteiger partial charge in [-0.05, 0) is 12.8 Å². The van der Waals surface area contributed by atoms with Crippen molar-refractivity contribution in [2.45, 2.75) is 26.2 Å². The minimum Gasteiger partial charge on any atom is -0.481 e. The maximum atomic E-state index is 10.8. The van der Waals surface area contributed by atoms with Crippen molar-refractivity contribution >= 4 is 11.9 Å². The van der Waals surface area contributed by atoms with Crippen molar-refractivity contribution in [2.75, 3.05) is 0 Å². The first-order valence-electron chi connectivity index (χ1n) is 4.82. The third-order valence-electron chi connectivity index (χ3n) is 1.99. The van der Waals surface area contributed by atoms with Gasteiger partial charge >= 0.3 is 11.9 Å². The van der Waals surface area contributed by atoms with Gasteiger partial charge in [-0.3, -0.25) is 4.79 Å². The van der Waals surface area contributed by atoms with Gasteiger partial charge < -0.3 is 10.2 Å². The molecule has 0 rings (SSSR count). The largest absolute Gasteiger partial charge is 0.481 e. The second-order valence-corrected chi connectivity index (χ2v) is 3.20. The first-order chi connectivity index (χ1) is 7.02. The Morgan fingerprint density at radius 1 is 1.40 bits per heavy atom. The van der Waals surface area contributed by atoms with Crippen molar-refractivity contribution in [3.63, 3.8) is 0 Å². The Bertz CT molecular complexity index is 278. The molecule has 1 unspecified atom stereocenters. The van der Waals surface area contributed by atoms with Crippen LogP contribution in [0.2, 0.25) is 0 Å². The summed E-state index contributed by atoms with van der Waals surface area (Å²) in [5.41, 5.74) is 0.143. The Morgan fingerprint density at radius 2 is 2.00 bits per heavy atom. The highest BCUT2D eigenvalue weighted by molar-refractivity contribution is 5.88. The SMILES string of the molecule is C=CC(C=C(CCCC)C(=O)O)C(=O)O. The highest BCUT2D eigenvalue weighted by atomic mass is 16.4. The molecule has 0 heterocycles. The lowest BCUT2D eigenvalue weighted by molar-refractivity contribution is -0.138. The van der Waals surface area contributed by atoms with Gasteiger partial charge in [-0.15, -0.1) is 6.58 Å². The molecule has 0 saturated heterocycles. The fraction of sp³-hybridized carbons (Fsp3) is 0.455. The quantitative estimate of drug-likeness (QED) is 0.500. The van der Waals surface area contributed by atoms with Crippen LogP contribution in [0.5, 0.6) is 0 Å². The van der Waals surface area contributed by atoms with Gasteiger partial charge in [0.1, 0.15) is 0 Å². The van der Waals surface area contributed by atoms with Crippen LogP contribution >= 0.6 is 0 Å². The summed E-state index contributed by atoms with van der Waals surface area (Å²) in [4.78, 5) is 21.4. The van der Waals surface area contributed by atoms with Crippen LogP contribution in [0.15, 0.2) is 24.3 Å². The van der Waals surface area contributed by atoms with Crippen LogP contribution in [-0.4, -0.2) is 22.2 Å². The van der Waals surface area contributed by atoms with E-state index < -0.39 is 17.9 Å². The summed E-state index contributed by atoms with van der Waals surface area (Å²) in [6.45, 7) is 5.30. The standard InChI is InChI=1S/C11H16O4/c1-3-5-6-9(11(14)15)7-8(4-2)10(12)13/h4,7-8H,2-3,5-6H2,1H3,(H,12,13)(H,14,15). The Hall–Kier alpha value is -1.58. The molecule has 0 aliphatic carbocycles. The zero-order valence-electron chi connectivity index (χ0n) is 8.77. The van der Waals surface area contributed by atoms with Crippen molar-refractivity contribution < 1.29 is 19.8 Å². The van der Waals surface area contributed by atoms with Gasteiger partial charge in [0.25, 0.3) is 0 Å². The Morgan fingerprint density at radius 3 is 2.33 bits per heavy atom. The molecule has 0 amide bonds. The summed E-state index contributed by atoms with van der Waals surface area (Å²) in [5, 5.41) is 17.6. The number of aliphatic carboxylic acids is 2. The van der Waals surface area contributed by atoms with Crippen LogP contribution < -0.4 is 0 Å². The number of hydrogen-bond donors (Lipinski definition) is 2. The molecule has 15 heavy (non-hydrogen) atoms. The minimum absolute atomic E-state index is 0.143. The highest BCUT2D eigenvalue weighted by Crippen LogP contribution is 2.12. The third kappa shape index (κ3) is 5.00. The molecule has 0 saturated carbocycles. The molecule has 1 atom stereocenters. The van der Waals surface area contributed by atoms with E-state index in [9.17, 15) is 9.59 Å². The second kappa shape index (κ2) is 6.81. The molecule has 0 aromatic heterocycles. The second-order valence-electron chi connectivity index (χ2n) is 3.20. The molecule has 84 valence electrons. The molecule has 0 aromatic carbocycles. The average Bonchev–Trinajstić information content (AvgIpc) is 2.17. The first kappa shape index (κ1) is 13.4. The van der Waals surface area contributed by atoms with E-state index in [1.165, 1.54) is 12.2 Å². The summed E-state index contributed by atoms with van der Waals surface area (Å²) >= 11 is 0. The van der Waals surface area contributed by atoms with E-state index in [0.29, 0.717) is 6.42 Å². The maximum absolute atomic E-state index is 10.8. The van der Waals surface area contributed by atoms with Gasteiger partial charge in [0.05, 0.1) is 5.92 Å². The van der Waals surface area contributed by atoms with Crippen molar-refractivity contribution in [2.24, 2.45) is 5.92 Å². The van der Waals surface area contributed by atoms with Crippen molar-refractivity contribution in [1.29, 1.82) is 0 Å². The van der Waals surface area contributed by atoms with Gasteiger partial charge in [-0.1, -0.05) is 25.5 Å². The summed E-state index contributed by atoms with van der Waals surface area (Å²) < 4.78 is 0. The number of hydrogen-bond acceptors (Lipinski definition) is 2. The predicted octanol–water partition coefficient (Wildman–Crippen LogP) is 2.07. The lowest BCUT2D eigenvalue weighted by atomic mass is 10.0.